The molecule has 0 bridgehead atoms. The third kappa shape index (κ3) is 3.96. The molecule has 0 N–H and O–H groups in total. The second-order valence-electron chi connectivity index (χ2n) is 7.50. The zero-order valence-electron chi connectivity index (χ0n) is 12.6. The fourth-order valence-corrected chi connectivity index (χ4v) is 3.57. The molecule has 0 radical (unpaired) electrons. The van der Waals surface area contributed by atoms with Gasteiger partial charge in [-0.05, 0) is 48.9 Å². The largest absolute Gasteiger partial charge is 0.381 e. The second-order valence-corrected chi connectivity index (χ2v) is 7.50. The summed E-state index contributed by atoms with van der Waals surface area (Å²) in [6.45, 7) is 12.4. The number of rotatable bonds is 5. The molecule has 2 aliphatic rings. The van der Waals surface area contributed by atoms with Crippen LogP contribution in [0.15, 0.2) is 0 Å². The fraction of sp³-hybridized carbons (Fsp3) is 1.00. The first-order valence-corrected chi connectivity index (χ1v) is 7.65. The van der Waals surface area contributed by atoms with Crippen LogP contribution in [0.3, 0.4) is 0 Å². The summed E-state index contributed by atoms with van der Waals surface area (Å²) in [6, 6.07) is 0. The molecule has 2 heterocycles. The predicted molar refractivity (Wildman–Crippen MR) is 74.6 cm³/mol. The molecule has 3 unspecified atom stereocenters. The van der Waals surface area contributed by atoms with Crippen LogP contribution in [0, 0.1) is 23.2 Å². The highest BCUT2D eigenvalue weighted by atomic mass is 16.5. The van der Waals surface area contributed by atoms with Gasteiger partial charge < -0.3 is 9.47 Å². The van der Waals surface area contributed by atoms with E-state index in [1.807, 2.05) is 0 Å². The molecule has 0 amide bonds. The Balaban J connectivity index is 1.77. The molecule has 3 atom stereocenters. The van der Waals surface area contributed by atoms with Crippen molar-refractivity contribution in [2.24, 2.45) is 23.2 Å². The topological polar surface area (TPSA) is 18.5 Å². The van der Waals surface area contributed by atoms with Crippen molar-refractivity contribution in [1.29, 1.82) is 0 Å². The lowest BCUT2D eigenvalue weighted by molar-refractivity contribution is 0.0590. The summed E-state index contributed by atoms with van der Waals surface area (Å²) >= 11 is 0. The van der Waals surface area contributed by atoms with Gasteiger partial charge in [0, 0.05) is 13.2 Å². The fourth-order valence-electron chi connectivity index (χ4n) is 3.57. The third-order valence-electron chi connectivity index (χ3n) is 4.70. The molecular formula is C16H30O2. The zero-order valence-corrected chi connectivity index (χ0v) is 12.6. The van der Waals surface area contributed by atoms with Crippen molar-refractivity contribution in [2.75, 3.05) is 19.8 Å². The van der Waals surface area contributed by atoms with E-state index in [-0.39, 0.29) is 0 Å². The van der Waals surface area contributed by atoms with E-state index in [4.69, 9.17) is 9.47 Å². The van der Waals surface area contributed by atoms with Gasteiger partial charge in [-0.15, -0.1) is 0 Å². The molecule has 2 rings (SSSR count). The van der Waals surface area contributed by atoms with E-state index in [1.165, 1.54) is 25.7 Å². The van der Waals surface area contributed by atoms with E-state index in [2.05, 4.69) is 27.7 Å². The Morgan fingerprint density at radius 2 is 1.94 bits per heavy atom. The average Bonchev–Trinajstić information content (AvgIpc) is 2.87. The van der Waals surface area contributed by atoms with Crippen LogP contribution in [0.5, 0.6) is 0 Å². The summed E-state index contributed by atoms with van der Waals surface area (Å²) < 4.78 is 11.5. The van der Waals surface area contributed by atoms with Crippen molar-refractivity contribution in [3.63, 3.8) is 0 Å². The van der Waals surface area contributed by atoms with Gasteiger partial charge in [-0.1, -0.05) is 27.7 Å². The molecule has 2 fully saturated rings. The highest BCUT2D eigenvalue weighted by Crippen LogP contribution is 2.38. The van der Waals surface area contributed by atoms with E-state index in [1.54, 1.807) is 0 Å². The standard InChI is InChI=1S/C16H30O2/c1-12(2)14-7-15(18-11-14)9-16(3,4)8-13-5-6-17-10-13/h12-15H,5-11H2,1-4H3. The van der Waals surface area contributed by atoms with E-state index in [0.717, 1.165) is 37.6 Å². The van der Waals surface area contributed by atoms with Crippen molar-refractivity contribution in [2.45, 2.75) is 59.5 Å². The van der Waals surface area contributed by atoms with Gasteiger partial charge >= 0.3 is 0 Å². The minimum atomic E-state index is 0.398. The van der Waals surface area contributed by atoms with Crippen molar-refractivity contribution >= 4 is 0 Å². The van der Waals surface area contributed by atoms with Gasteiger partial charge in [0.05, 0.1) is 12.7 Å². The van der Waals surface area contributed by atoms with Gasteiger partial charge in [-0.25, -0.2) is 0 Å². The lowest BCUT2D eigenvalue weighted by Crippen LogP contribution is -2.23. The summed E-state index contributed by atoms with van der Waals surface area (Å²) in [6.07, 6.45) is 5.52. The van der Waals surface area contributed by atoms with Crippen molar-refractivity contribution in [3.8, 4) is 0 Å². The Hall–Kier alpha value is -0.0800. The monoisotopic (exact) mass is 254 g/mol. The van der Waals surface area contributed by atoms with Crippen LogP contribution in [0.25, 0.3) is 0 Å². The van der Waals surface area contributed by atoms with Crippen LogP contribution in [0.2, 0.25) is 0 Å². The van der Waals surface area contributed by atoms with Crippen LogP contribution >= 0.6 is 0 Å². The highest BCUT2D eigenvalue weighted by molar-refractivity contribution is 4.83. The molecule has 106 valence electrons. The molecule has 2 aliphatic heterocycles. The SMILES string of the molecule is CC(C)C1COC(CC(C)(C)CC2CCOC2)C1. The second kappa shape index (κ2) is 5.92. The molecule has 0 aliphatic carbocycles. The van der Waals surface area contributed by atoms with Crippen molar-refractivity contribution < 1.29 is 9.47 Å². The zero-order chi connectivity index (χ0) is 13.2. The molecule has 0 saturated carbocycles. The first-order valence-electron chi connectivity index (χ1n) is 7.65. The van der Waals surface area contributed by atoms with Crippen LogP contribution in [-0.4, -0.2) is 25.9 Å². The van der Waals surface area contributed by atoms with Gasteiger partial charge in [-0.2, -0.15) is 0 Å². The Morgan fingerprint density at radius 1 is 1.17 bits per heavy atom. The summed E-state index contributed by atoms with van der Waals surface area (Å²) in [4.78, 5) is 0. The van der Waals surface area contributed by atoms with E-state index >= 15 is 0 Å². The quantitative estimate of drug-likeness (QED) is 0.741. The normalized spacial score (nSPS) is 33.5. The number of hydrogen-bond donors (Lipinski definition) is 0. The van der Waals surface area contributed by atoms with Crippen LogP contribution in [0.4, 0.5) is 0 Å². The Morgan fingerprint density at radius 3 is 2.50 bits per heavy atom. The van der Waals surface area contributed by atoms with E-state index in [9.17, 15) is 0 Å². The maximum absolute atomic E-state index is 6.00. The Bertz CT molecular complexity index is 254. The van der Waals surface area contributed by atoms with Crippen LogP contribution in [-0.2, 0) is 9.47 Å². The molecule has 0 aromatic carbocycles. The molecule has 0 aromatic rings. The van der Waals surface area contributed by atoms with E-state index in [0.29, 0.717) is 11.5 Å². The summed E-state index contributed by atoms with van der Waals surface area (Å²) in [7, 11) is 0. The summed E-state index contributed by atoms with van der Waals surface area (Å²) in [5, 5.41) is 0. The minimum Gasteiger partial charge on any atom is -0.381 e. The first kappa shape index (κ1) is 14.3. The minimum absolute atomic E-state index is 0.398. The lowest BCUT2D eigenvalue weighted by Gasteiger charge is -2.30. The lowest BCUT2D eigenvalue weighted by atomic mass is 9.77. The molecule has 18 heavy (non-hydrogen) atoms. The maximum atomic E-state index is 6.00. The Labute approximate surface area is 112 Å². The first-order chi connectivity index (χ1) is 8.46. The Kier molecular flexibility index (Phi) is 4.71. The van der Waals surface area contributed by atoms with Gasteiger partial charge in [0.2, 0.25) is 0 Å². The summed E-state index contributed by atoms with van der Waals surface area (Å²) in [5.74, 6) is 2.32. The van der Waals surface area contributed by atoms with Crippen molar-refractivity contribution in [3.05, 3.63) is 0 Å². The van der Waals surface area contributed by atoms with Crippen LogP contribution < -0.4 is 0 Å². The number of ether oxygens (including phenoxy) is 2. The smallest absolute Gasteiger partial charge is 0.0584 e. The van der Waals surface area contributed by atoms with Gasteiger partial charge in [0.1, 0.15) is 0 Å². The third-order valence-corrected chi connectivity index (χ3v) is 4.70. The average molecular weight is 254 g/mol. The van der Waals surface area contributed by atoms with Gasteiger partial charge in [-0.3, -0.25) is 0 Å². The molecule has 2 saturated heterocycles. The van der Waals surface area contributed by atoms with Gasteiger partial charge in [0.15, 0.2) is 0 Å². The molecule has 2 heteroatoms. The molecular weight excluding hydrogens is 224 g/mol. The molecule has 2 nitrogen and oxygen atoms in total. The molecule has 0 aromatic heterocycles. The number of hydrogen-bond acceptors (Lipinski definition) is 2. The predicted octanol–water partition coefficient (Wildman–Crippen LogP) is 3.89. The van der Waals surface area contributed by atoms with Gasteiger partial charge in [0.25, 0.3) is 0 Å². The van der Waals surface area contributed by atoms with Crippen molar-refractivity contribution in [1.82, 2.24) is 0 Å². The highest BCUT2D eigenvalue weighted by Gasteiger charge is 2.34. The summed E-state index contributed by atoms with van der Waals surface area (Å²) in [5.41, 5.74) is 0.398. The van der Waals surface area contributed by atoms with Crippen LogP contribution in [0.1, 0.15) is 53.4 Å². The maximum Gasteiger partial charge on any atom is 0.0584 e. The van der Waals surface area contributed by atoms with E-state index < -0.39 is 0 Å². The molecule has 0 spiro atoms.